The molecule has 5 nitrogen and oxygen atoms in total. The summed E-state index contributed by atoms with van der Waals surface area (Å²) in [5.41, 5.74) is 0. The molecule has 0 amide bonds. The van der Waals surface area contributed by atoms with Crippen molar-refractivity contribution < 1.29 is 45.8 Å². The molecule has 1 heterocycles. The normalized spacial score (nSPS) is 18.5. The Morgan fingerprint density at radius 3 is 2.21 bits per heavy atom. The number of halogens is 5. The first kappa shape index (κ1) is 20.6. The number of esters is 2. The van der Waals surface area contributed by atoms with Crippen LogP contribution >= 0.6 is 0 Å². The molecule has 0 radical (unpaired) electrons. The molecule has 1 rings (SSSR count). The van der Waals surface area contributed by atoms with Gasteiger partial charge in [-0.25, -0.2) is 0 Å². The number of hydrogen-bond donors (Lipinski definition) is 0. The van der Waals surface area contributed by atoms with E-state index in [9.17, 15) is 31.5 Å². The monoisotopic (exact) mass is 362 g/mol. The van der Waals surface area contributed by atoms with Crippen LogP contribution in [0.25, 0.3) is 0 Å². The maximum Gasteiger partial charge on any atom is 0.453 e. The molecule has 1 fully saturated rings. The summed E-state index contributed by atoms with van der Waals surface area (Å²) in [6, 6.07) is 0. The van der Waals surface area contributed by atoms with Gasteiger partial charge in [0.15, 0.2) is 0 Å². The predicted molar refractivity (Wildman–Crippen MR) is 70.4 cm³/mol. The molecule has 1 atom stereocenters. The van der Waals surface area contributed by atoms with Crippen molar-refractivity contribution in [2.75, 3.05) is 19.8 Å². The van der Waals surface area contributed by atoms with E-state index >= 15 is 0 Å². The van der Waals surface area contributed by atoms with Gasteiger partial charge < -0.3 is 14.2 Å². The largest absolute Gasteiger partial charge is 0.466 e. The Kier molecular flexibility index (Phi) is 7.85. The molecular formula is C14H19F5O5. The van der Waals surface area contributed by atoms with Crippen LogP contribution in [0.3, 0.4) is 0 Å². The quantitative estimate of drug-likeness (QED) is 0.358. The number of ether oxygens (including phenoxy) is 3. The highest BCUT2D eigenvalue weighted by molar-refractivity contribution is 5.77. The zero-order valence-electron chi connectivity index (χ0n) is 12.9. The van der Waals surface area contributed by atoms with Crippen molar-refractivity contribution in [3.8, 4) is 0 Å². The predicted octanol–water partition coefficient (Wildman–Crippen LogP) is 3.01. The van der Waals surface area contributed by atoms with Gasteiger partial charge in [-0.15, -0.1) is 0 Å². The molecule has 0 aromatic carbocycles. The Bertz CT molecular complexity index is 418. The molecule has 0 aromatic rings. The number of hydrogen-bond acceptors (Lipinski definition) is 5. The summed E-state index contributed by atoms with van der Waals surface area (Å²) in [6.45, 7) is 0.137. The van der Waals surface area contributed by atoms with E-state index in [1.54, 1.807) is 0 Å². The number of alkyl halides is 5. The fourth-order valence-electron chi connectivity index (χ4n) is 1.93. The Labute approximate surface area is 135 Å². The van der Waals surface area contributed by atoms with Crippen molar-refractivity contribution in [1.82, 2.24) is 0 Å². The van der Waals surface area contributed by atoms with Crippen molar-refractivity contribution in [2.45, 2.75) is 56.7 Å². The third-order valence-corrected chi connectivity index (χ3v) is 3.30. The molecule has 0 aliphatic carbocycles. The van der Waals surface area contributed by atoms with E-state index in [0.717, 1.165) is 12.8 Å². The smallest absolute Gasteiger partial charge is 0.453 e. The Morgan fingerprint density at radius 2 is 1.67 bits per heavy atom. The van der Waals surface area contributed by atoms with Crippen molar-refractivity contribution >= 4 is 11.9 Å². The van der Waals surface area contributed by atoms with Crippen LogP contribution in [0.4, 0.5) is 22.0 Å². The van der Waals surface area contributed by atoms with Gasteiger partial charge in [-0.3, -0.25) is 9.59 Å². The van der Waals surface area contributed by atoms with Crippen molar-refractivity contribution in [2.24, 2.45) is 0 Å². The van der Waals surface area contributed by atoms with Crippen LogP contribution in [-0.4, -0.2) is 50.0 Å². The second-order valence-electron chi connectivity index (χ2n) is 5.34. The molecule has 0 spiro atoms. The second-order valence-corrected chi connectivity index (χ2v) is 5.34. The lowest BCUT2D eigenvalue weighted by Gasteiger charge is -2.19. The number of rotatable bonds is 9. The van der Waals surface area contributed by atoms with E-state index in [1.807, 2.05) is 0 Å². The zero-order valence-corrected chi connectivity index (χ0v) is 12.9. The van der Waals surface area contributed by atoms with E-state index < -0.39 is 43.5 Å². The van der Waals surface area contributed by atoms with Gasteiger partial charge in [0, 0.05) is 13.0 Å². The first-order chi connectivity index (χ1) is 11.1. The summed E-state index contributed by atoms with van der Waals surface area (Å²) in [6.07, 6.45) is -6.78. The van der Waals surface area contributed by atoms with Crippen LogP contribution in [0.1, 0.15) is 38.5 Å². The fraction of sp³-hybridized carbons (Fsp3) is 0.857. The molecule has 1 unspecified atom stereocenters. The average molecular weight is 362 g/mol. The van der Waals surface area contributed by atoms with Crippen LogP contribution in [0.5, 0.6) is 0 Å². The van der Waals surface area contributed by atoms with E-state index in [0.29, 0.717) is 6.61 Å². The van der Waals surface area contributed by atoms with Gasteiger partial charge in [-0.05, 0) is 19.3 Å². The van der Waals surface area contributed by atoms with E-state index in [2.05, 4.69) is 4.74 Å². The summed E-state index contributed by atoms with van der Waals surface area (Å²) in [5, 5.41) is 0. The summed E-state index contributed by atoms with van der Waals surface area (Å²) in [5.74, 6) is -6.31. The van der Waals surface area contributed by atoms with Crippen LogP contribution in [-0.2, 0) is 23.8 Å². The standard InChI is InChI=1S/C14H19F5O5/c15-13(16,14(17,18)19)6-2-8-23-11(20)4-5-12(21)24-9-10-3-1-7-22-10/h10H,1-9H2. The molecular weight excluding hydrogens is 343 g/mol. The van der Waals surface area contributed by atoms with Crippen LogP contribution in [0.2, 0.25) is 0 Å². The molecule has 0 saturated carbocycles. The van der Waals surface area contributed by atoms with Crippen LogP contribution in [0, 0.1) is 0 Å². The van der Waals surface area contributed by atoms with E-state index in [1.165, 1.54) is 0 Å². The Morgan fingerprint density at radius 1 is 1.04 bits per heavy atom. The van der Waals surface area contributed by atoms with Crippen molar-refractivity contribution in [3.05, 3.63) is 0 Å². The zero-order chi connectivity index (χ0) is 18.2. The van der Waals surface area contributed by atoms with Gasteiger partial charge in [-0.1, -0.05) is 0 Å². The summed E-state index contributed by atoms with van der Waals surface area (Å²) < 4.78 is 75.5. The maximum atomic E-state index is 12.6. The Hall–Kier alpha value is -1.45. The first-order valence-electron chi connectivity index (χ1n) is 7.49. The van der Waals surface area contributed by atoms with Crippen LogP contribution in [0.15, 0.2) is 0 Å². The molecule has 0 bridgehead atoms. The number of carbonyl (C=O) groups is 2. The third kappa shape index (κ3) is 7.41. The second kappa shape index (κ2) is 9.14. The highest BCUT2D eigenvalue weighted by Crippen LogP contribution is 2.38. The van der Waals surface area contributed by atoms with Gasteiger partial charge in [0.05, 0.1) is 25.6 Å². The molecule has 1 aliphatic heterocycles. The highest BCUT2D eigenvalue weighted by Gasteiger charge is 2.56. The molecule has 1 aliphatic rings. The maximum absolute atomic E-state index is 12.6. The van der Waals surface area contributed by atoms with Gasteiger partial charge in [-0.2, -0.15) is 22.0 Å². The summed E-state index contributed by atoms with van der Waals surface area (Å²) >= 11 is 0. The van der Waals surface area contributed by atoms with Crippen molar-refractivity contribution in [1.29, 1.82) is 0 Å². The Balaban J connectivity index is 2.08. The molecule has 0 N–H and O–H groups in total. The van der Waals surface area contributed by atoms with Crippen LogP contribution < -0.4 is 0 Å². The third-order valence-electron chi connectivity index (χ3n) is 3.30. The fourth-order valence-corrected chi connectivity index (χ4v) is 1.93. The van der Waals surface area contributed by atoms with E-state index in [4.69, 9.17) is 9.47 Å². The van der Waals surface area contributed by atoms with Gasteiger partial charge >= 0.3 is 24.0 Å². The minimum absolute atomic E-state index is 0.0976. The van der Waals surface area contributed by atoms with E-state index in [-0.39, 0.29) is 25.6 Å². The SMILES string of the molecule is O=C(CCC(=O)OCC1CCCO1)OCCCC(F)(F)C(F)(F)F. The first-order valence-corrected chi connectivity index (χ1v) is 7.49. The minimum Gasteiger partial charge on any atom is -0.466 e. The van der Waals surface area contributed by atoms with Gasteiger partial charge in [0.25, 0.3) is 0 Å². The molecule has 10 heteroatoms. The molecule has 1 saturated heterocycles. The lowest BCUT2D eigenvalue weighted by atomic mass is 10.2. The van der Waals surface area contributed by atoms with Gasteiger partial charge in [0.2, 0.25) is 0 Å². The van der Waals surface area contributed by atoms with Gasteiger partial charge in [0.1, 0.15) is 6.61 Å². The minimum atomic E-state index is -5.62. The average Bonchev–Trinajstić information content (AvgIpc) is 2.99. The topological polar surface area (TPSA) is 61.8 Å². The lowest BCUT2D eigenvalue weighted by Crippen LogP contribution is -2.36. The van der Waals surface area contributed by atoms with Crippen molar-refractivity contribution in [3.63, 3.8) is 0 Å². The highest BCUT2D eigenvalue weighted by atomic mass is 19.4. The molecule has 140 valence electrons. The lowest BCUT2D eigenvalue weighted by molar-refractivity contribution is -0.285. The number of carbonyl (C=O) groups excluding carboxylic acids is 2. The molecule has 24 heavy (non-hydrogen) atoms. The molecule has 0 aromatic heterocycles. The summed E-state index contributed by atoms with van der Waals surface area (Å²) in [7, 11) is 0. The summed E-state index contributed by atoms with van der Waals surface area (Å²) in [4.78, 5) is 22.6.